The molecule has 4 unspecified atom stereocenters. The van der Waals surface area contributed by atoms with Crippen LogP contribution in [0, 0.1) is 0 Å². The standard InChI is InChI=1S/C14H22N2O7/c1-15-6-8(12-11(20)10(19)9(7-18)23-12)13(21)16(14(15)22)4-2-3-5-17/h6,9-12,17-20H,2-5,7H2,1H3. The number of aromatic nitrogens is 2. The molecule has 9 heteroatoms. The van der Waals surface area contributed by atoms with Gasteiger partial charge in [-0.3, -0.25) is 9.36 Å². The van der Waals surface area contributed by atoms with E-state index in [2.05, 4.69) is 0 Å². The van der Waals surface area contributed by atoms with Crippen LogP contribution in [-0.4, -0.2) is 61.1 Å². The van der Waals surface area contributed by atoms with Gasteiger partial charge in [0.1, 0.15) is 24.4 Å². The number of aliphatic hydroxyl groups excluding tert-OH is 4. The third kappa shape index (κ3) is 3.38. The average Bonchev–Trinajstić information content (AvgIpc) is 2.82. The predicted octanol–water partition coefficient (Wildman–Crippen LogP) is -2.53. The van der Waals surface area contributed by atoms with E-state index in [1.165, 1.54) is 17.8 Å². The summed E-state index contributed by atoms with van der Waals surface area (Å²) < 4.78 is 7.57. The number of rotatable bonds is 6. The Morgan fingerprint density at radius 1 is 1.17 bits per heavy atom. The minimum atomic E-state index is -1.37. The van der Waals surface area contributed by atoms with Gasteiger partial charge in [-0.15, -0.1) is 0 Å². The number of hydrogen-bond donors (Lipinski definition) is 4. The minimum Gasteiger partial charge on any atom is -0.396 e. The number of nitrogens with zero attached hydrogens (tertiary/aromatic N) is 2. The monoisotopic (exact) mass is 330 g/mol. The van der Waals surface area contributed by atoms with Crippen molar-refractivity contribution in [2.24, 2.45) is 7.05 Å². The molecule has 1 aliphatic rings. The molecule has 1 saturated heterocycles. The Labute approximate surface area is 132 Å². The van der Waals surface area contributed by atoms with Crippen LogP contribution in [0.15, 0.2) is 15.8 Å². The predicted molar refractivity (Wildman–Crippen MR) is 79.0 cm³/mol. The normalized spacial score (nSPS) is 27.5. The third-order valence-corrected chi connectivity index (χ3v) is 4.00. The molecule has 1 aromatic heterocycles. The molecule has 23 heavy (non-hydrogen) atoms. The molecule has 1 aromatic rings. The van der Waals surface area contributed by atoms with Crippen LogP contribution in [0.2, 0.25) is 0 Å². The highest BCUT2D eigenvalue weighted by atomic mass is 16.6. The molecule has 0 saturated carbocycles. The van der Waals surface area contributed by atoms with Gasteiger partial charge in [-0.2, -0.15) is 0 Å². The van der Waals surface area contributed by atoms with Crippen molar-refractivity contribution in [1.29, 1.82) is 0 Å². The molecule has 4 atom stereocenters. The zero-order valence-corrected chi connectivity index (χ0v) is 12.8. The zero-order valence-electron chi connectivity index (χ0n) is 12.8. The average molecular weight is 330 g/mol. The second-order valence-corrected chi connectivity index (χ2v) is 5.62. The lowest BCUT2D eigenvalue weighted by atomic mass is 10.0. The lowest BCUT2D eigenvalue weighted by Gasteiger charge is -2.17. The highest BCUT2D eigenvalue weighted by molar-refractivity contribution is 5.15. The lowest BCUT2D eigenvalue weighted by molar-refractivity contribution is -0.0234. The van der Waals surface area contributed by atoms with Crippen LogP contribution >= 0.6 is 0 Å². The summed E-state index contributed by atoms with van der Waals surface area (Å²) in [6, 6.07) is 0. The van der Waals surface area contributed by atoms with Crippen LogP contribution in [0.3, 0.4) is 0 Å². The SMILES string of the molecule is Cn1cc(C2OC(CO)C(O)C2O)c(=O)n(CCCCO)c1=O. The third-order valence-electron chi connectivity index (χ3n) is 4.00. The quantitative estimate of drug-likeness (QED) is 0.423. The van der Waals surface area contributed by atoms with E-state index in [-0.39, 0.29) is 18.7 Å². The van der Waals surface area contributed by atoms with E-state index in [1.54, 1.807) is 0 Å². The van der Waals surface area contributed by atoms with Crippen molar-refractivity contribution >= 4 is 0 Å². The van der Waals surface area contributed by atoms with Gasteiger partial charge >= 0.3 is 5.69 Å². The Balaban J connectivity index is 2.40. The first kappa shape index (κ1) is 17.8. The van der Waals surface area contributed by atoms with Crippen LogP contribution in [0.25, 0.3) is 0 Å². The summed E-state index contributed by atoms with van der Waals surface area (Å²) in [5.74, 6) is 0. The van der Waals surface area contributed by atoms with Gasteiger partial charge in [0, 0.05) is 26.4 Å². The Morgan fingerprint density at radius 2 is 1.87 bits per heavy atom. The van der Waals surface area contributed by atoms with Crippen molar-refractivity contribution in [1.82, 2.24) is 9.13 Å². The van der Waals surface area contributed by atoms with Crippen molar-refractivity contribution < 1.29 is 25.2 Å². The Morgan fingerprint density at radius 3 is 2.43 bits per heavy atom. The van der Waals surface area contributed by atoms with Crippen LogP contribution < -0.4 is 11.2 Å². The fourth-order valence-electron chi connectivity index (χ4n) is 2.68. The van der Waals surface area contributed by atoms with E-state index in [0.717, 1.165) is 4.57 Å². The molecule has 0 amide bonds. The molecule has 2 heterocycles. The Bertz CT molecular complexity index is 654. The molecule has 130 valence electrons. The van der Waals surface area contributed by atoms with Gasteiger partial charge in [0.15, 0.2) is 0 Å². The van der Waals surface area contributed by atoms with Crippen LogP contribution in [0.4, 0.5) is 0 Å². The van der Waals surface area contributed by atoms with Crippen molar-refractivity contribution in [2.75, 3.05) is 13.2 Å². The van der Waals surface area contributed by atoms with E-state index in [1.807, 2.05) is 0 Å². The molecule has 4 N–H and O–H groups in total. The van der Waals surface area contributed by atoms with E-state index >= 15 is 0 Å². The molecule has 1 fully saturated rings. The molecule has 0 aliphatic carbocycles. The van der Waals surface area contributed by atoms with Gasteiger partial charge in [-0.05, 0) is 12.8 Å². The highest BCUT2D eigenvalue weighted by Crippen LogP contribution is 2.31. The first-order valence-corrected chi connectivity index (χ1v) is 7.46. The number of aryl methyl sites for hydroxylation is 1. The van der Waals surface area contributed by atoms with Gasteiger partial charge in [0.25, 0.3) is 5.56 Å². The molecular weight excluding hydrogens is 308 g/mol. The van der Waals surface area contributed by atoms with Crippen molar-refractivity contribution in [3.63, 3.8) is 0 Å². The first-order chi connectivity index (χ1) is 10.9. The molecule has 9 nitrogen and oxygen atoms in total. The molecular formula is C14H22N2O7. The number of unbranched alkanes of at least 4 members (excludes halogenated alkanes) is 1. The van der Waals surface area contributed by atoms with Crippen LogP contribution in [0.1, 0.15) is 24.5 Å². The number of hydrogen-bond acceptors (Lipinski definition) is 7. The summed E-state index contributed by atoms with van der Waals surface area (Å²) in [6.45, 7) is -0.399. The second-order valence-electron chi connectivity index (χ2n) is 5.62. The summed E-state index contributed by atoms with van der Waals surface area (Å²) in [7, 11) is 1.47. The smallest absolute Gasteiger partial charge is 0.330 e. The van der Waals surface area contributed by atoms with E-state index in [0.29, 0.717) is 12.8 Å². The van der Waals surface area contributed by atoms with Gasteiger partial charge in [-0.25, -0.2) is 4.79 Å². The topological polar surface area (TPSA) is 134 Å². The van der Waals surface area contributed by atoms with Gasteiger partial charge in [0.2, 0.25) is 0 Å². The van der Waals surface area contributed by atoms with Crippen molar-refractivity contribution in [2.45, 2.75) is 43.8 Å². The summed E-state index contributed by atoms with van der Waals surface area (Å²) in [6.07, 6.45) is -2.63. The largest absolute Gasteiger partial charge is 0.396 e. The second kappa shape index (κ2) is 7.37. The molecule has 1 aliphatic heterocycles. The van der Waals surface area contributed by atoms with E-state index < -0.39 is 42.3 Å². The maximum Gasteiger partial charge on any atom is 0.330 e. The van der Waals surface area contributed by atoms with Crippen LogP contribution in [-0.2, 0) is 18.3 Å². The molecule has 0 aromatic carbocycles. The molecule has 0 spiro atoms. The Hall–Kier alpha value is -1.52. The van der Waals surface area contributed by atoms with Gasteiger partial charge in [0.05, 0.1) is 12.2 Å². The molecule has 2 rings (SSSR count). The van der Waals surface area contributed by atoms with Crippen LogP contribution in [0.5, 0.6) is 0 Å². The zero-order chi connectivity index (χ0) is 17.1. The first-order valence-electron chi connectivity index (χ1n) is 7.46. The molecule has 0 radical (unpaired) electrons. The van der Waals surface area contributed by atoms with Crippen molar-refractivity contribution in [3.8, 4) is 0 Å². The fourth-order valence-corrected chi connectivity index (χ4v) is 2.68. The Kier molecular flexibility index (Phi) is 5.71. The maximum atomic E-state index is 12.5. The summed E-state index contributed by atoms with van der Waals surface area (Å²) in [5.41, 5.74) is -1.08. The minimum absolute atomic E-state index is 0.0381. The van der Waals surface area contributed by atoms with E-state index in [4.69, 9.17) is 14.9 Å². The molecule has 0 bridgehead atoms. The number of ether oxygens (including phenoxy) is 1. The van der Waals surface area contributed by atoms with Crippen molar-refractivity contribution in [3.05, 3.63) is 32.6 Å². The lowest BCUT2D eigenvalue weighted by Crippen LogP contribution is -2.42. The summed E-state index contributed by atoms with van der Waals surface area (Å²) >= 11 is 0. The summed E-state index contributed by atoms with van der Waals surface area (Å²) in [5, 5.41) is 37.8. The fraction of sp³-hybridized carbons (Fsp3) is 0.714. The maximum absolute atomic E-state index is 12.5. The summed E-state index contributed by atoms with van der Waals surface area (Å²) in [4.78, 5) is 24.6. The number of aliphatic hydroxyl groups is 4. The highest BCUT2D eigenvalue weighted by Gasteiger charge is 2.44. The van der Waals surface area contributed by atoms with Gasteiger partial charge in [-0.1, -0.05) is 0 Å². The van der Waals surface area contributed by atoms with E-state index in [9.17, 15) is 19.8 Å². The van der Waals surface area contributed by atoms with Gasteiger partial charge < -0.3 is 29.7 Å².